The van der Waals surface area contributed by atoms with Gasteiger partial charge >= 0.3 is 5.97 Å². The first-order chi connectivity index (χ1) is 13.9. The lowest BCUT2D eigenvalue weighted by molar-refractivity contribution is 0.0237. The number of ether oxygens (including phenoxy) is 2. The summed E-state index contributed by atoms with van der Waals surface area (Å²) in [5.41, 5.74) is 2.10. The highest BCUT2D eigenvalue weighted by Gasteiger charge is 2.44. The summed E-state index contributed by atoms with van der Waals surface area (Å²) in [7, 11) is -1.86. The van der Waals surface area contributed by atoms with Crippen molar-refractivity contribution in [1.82, 2.24) is 4.72 Å². The predicted molar refractivity (Wildman–Crippen MR) is 110 cm³/mol. The molecular weight excluding hydrogens is 414 g/mol. The van der Waals surface area contributed by atoms with Crippen LogP contribution in [0.1, 0.15) is 28.3 Å². The van der Waals surface area contributed by atoms with Crippen molar-refractivity contribution >= 4 is 27.6 Å². The van der Waals surface area contributed by atoms with E-state index in [-0.39, 0.29) is 18.9 Å². The molecule has 1 aliphatic heterocycles. The van der Waals surface area contributed by atoms with Crippen LogP contribution in [-0.4, -0.2) is 39.4 Å². The Bertz CT molecular complexity index is 1050. The number of benzene rings is 2. The summed E-state index contributed by atoms with van der Waals surface area (Å²) in [5, 5.41) is -0.161. The van der Waals surface area contributed by atoms with Crippen molar-refractivity contribution in [2.24, 2.45) is 0 Å². The summed E-state index contributed by atoms with van der Waals surface area (Å²) in [6.07, 6.45) is 1.50. The summed E-state index contributed by atoms with van der Waals surface area (Å²) >= 11 is 5.88. The Morgan fingerprint density at radius 2 is 1.79 bits per heavy atom. The highest BCUT2D eigenvalue weighted by atomic mass is 35.5. The van der Waals surface area contributed by atoms with Crippen molar-refractivity contribution in [3.63, 3.8) is 0 Å². The third kappa shape index (κ3) is 4.03. The zero-order valence-corrected chi connectivity index (χ0v) is 17.2. The van der Waals surface area contributed by atoms with Gasteiger partial charge in [0.15, 0.2) is 0 Å². The second kappa shape index (κ2) is 7.82. The van der Waals surface area contributed by atoms with E-state index in [9.17, 15) is 13.2 Å². The molecule has 1 fully saturated rings. The molecule has 4 rings (SSSR count). The summed E-state index contributed by atoms with van der Waals surface area (Å²) < 4.78 is 38.2. The number of carbonyl (C=O) groups is 1. The molecule has 8 heteroatoms. The quantitative estimate of drug-likeness (QED) is 0.591. The SMILES string of the molecule is COc1ccc([C@H]2C=C3CNS(=O)(=O)[C@H]3C[C@H]2OC(=O)c2ccc(Cl)cc2)cc1. The first kappa shape index (κ1) is 19.9. The molecule has 1 aliphatic carbocycles. The molecular formula is C21H20ClNO5S. The lowest BCUT2D eigenvalue weighted by Crippen LogP contribution is -2.36. The first-order valence-electron chi connectivity index (χ1n) is 9.17. The van der Waals surface area contributed by atoms with Gasteiger partial charge in [0.2, 0.25) is 10.0 Å². The number of halogens is 1. The average molecular weight is 434 g/mol. The number of fused-ring (bicyclic) bond motifs is 1. The summed E-state index contributed by atoms with van der Waals surface area (Å²) in [6, 6.07) is 13.9. The van der Waals surface area contributed by atoms with Crippen molar-refractivity contribution < 1.29 is 22.7 Å². The molecule has 1 N–H and O–H groups in total. The van der Waals surface area contributed by atoms with E-state index in [0.29, 0.717) is 10.6 Å². The number of carbonyl (C=O) groups excluding carboxylic acids is 1. The zero-order chi connectivity index (χ0) is 20.6. The lowest BCUT2D eigenvalue weighted by atomic mass is 9.82. The van der Waals surface area contributed by atoms with Crippen LogP contribution in [0.4, 0.5) is 0 Å². The van der Waals surface area contributed by atoms with E-state index in [1.165, 1.54) is 0 Å². The minimum atomic E-state index is -3.45. The van der Waals surface area contributed by atoms with Crippen LogP contribution < -0.4 is 9.46 Å². The molecule has 29 heavy (non-hydrogen) atoms. The molecule has 0 unspecified atom stereocenters. The van der Waals surface area contributed by atoms with Gasteiger partial charge in [-0.2, -0.15) is 0 Å². The van der Waals surface area contributed by atoms with Crippen molar-refractivity contribution in [3.05, 3.63) is 76.3 Å². The first-order valence-corrected chi connectivity index (χ1v) is 11.1. The van der Waals surface area contributed by atoms with Gasteiger partial charge in [0.25, 0.3) is 0 Å². The van der Waals surface area contributed by atoms with E-state index in [2.05, 4.69) is 4.72 Å². The van der Waals surface area contributed by atoms with Crippen molar-refractivity contribution in [2.75, 3.05) is 13.7 Å². The molecule has 2 aromatic carbocycles. The fraction of sp³-hybridized carbons (Fsp3) is 0.286. The Labute approximate surface area is 174 Å². The number of hydrogen-bond acceptors (Lipinski definition) is 5. The third-order valence-corrected chi connectivity index (χ3v) is 7.39. The molecule has 6 nitrogen and oxygen atoms in total. The average Bonchev–Trinajstić information content (AvgIpc) is 3.02. The molecule has 1 saturated heterocycles. The molecule has 0 bridgehead atoms. The Kier molecular flexibility index (Phi) is 5.38. The molecule has 2 aromatic rings. The monoisotopic (exact) mass is 433 g/mol. The van der Waals surface area contributed by atoms with Gasteiger partial charge in [0.05, 0.1) is 12.7 Å². The van der Waals surface area contributed by atoms with Crippen LogP contribution in [0.2, 0.25) is 5.02 Å². The van der Waals surface area contributed by atoms with Crippen molar-refractivity contribution in [3.8, 4) is 5.75 Å². The fourth-order valence-electron chi connectivity index (χ4n) is 3.79. The molecule has 1 heterocycles. The van der Waals surface area contributed by atoms with E-state index < -0.39 is 27.3 Å². The molecule has 3 atom stereocenters. The molecule has 0 radical (unpaired) electrons. The van der Waals surface area contributed by atoms with Gasteiger partial charge < -0.3 is 9.47 Å². The number of rotatable bonds is 4. The van der Waals surface area contributed by atoms with Crippen LogP contribution in [0.15, 0.2) is 60.2 Å². The Morgan fingerprint density at radius 1 is 1.10 bits per heavy atom. The normalized spacial score (nSPS) is 25.0. The van der Waals surface area contributed by atoms with Gasteiger partial charge in [-0.3, -0.25) is 0 Å². The molecule has 0 aromatic heterocycles. The maximum atomic E-state index is 12.7. The van der Waals surface area contributed by atoms with Crippen LogP contribution in [0.25, 0.3) is 0 Å². The van der Waals surface area contributed by atoms with Crippen LogP contribution in [0.5, 0.6) is 5.75 Å². The highest BCUT2D eigenvalue weighted by Crippen LogP contribution is 2.39. The maximum Gasteiger partial charge on any atom is 0.338 e. The number of hydrogen-bond donors (Lipinski definition) is 1. The Hall–Kier alpha value is -2.35. The predicted octanol–water partition coefficient (Wildman–Crippen LogP) is 3.29. The Balaban J connectivity index is 1.66. The van der Waals surface area contributed by atoms with Crippen molar-refractivity contribution in [1.29, 1.82) is 0 Å². The van der Waals surface area contributed by atoms with Gasteiger partial charge in [0, 0.05) is 23.9 Å². The van der Waals surface area contributed by atoms with Gasteiger partial charge in [0.1, 0.15) is 17.1 Å². The second-order valence-corrected chi connectivity index (χ2v) is 9.47. The van der Waals surface area contributed by atoms with Gasteiger partial charge in [-0.05, 0) is 47.5 Å². The summed E-state index contributed by atoms with van der Waals surface area (Å²) in [4.78, 5) is 12.7. The topological polar surface area (TPSA) is 81.7 Å². The van der Waals surface area contributed by atoms with Crippen LogP contribution in [0.3, 0.4) is 0 Å². The Morgan fingerprint density at radius 3 is 2.45 bits per heavy atom. The van der Waals surface area contributed by atoms with E-state index in [1.807, 2.05) is 30.3 Å². The van der Waals surface area contributed by atoms with Gasteiger partial charge in [-0.15, -0.1) is 0 Å². The number of nitrogens with one attached hydrogen (secondary N) is 1. The van der Waals surface area contributed by atoms with E-state index in [0.717, 1.165) is 16.9 Å². The number of methoxy groups -OCH3 is 1. The minimum absolute atomic E-state index is 0.206. The lowest BCUT2D eigenvalue weighted by Gasteiger charge is -2.32. The standard InChI is InChI=1S/C21H20ClNO5S/c1-27-17-8-4-13(5-9-17)18-10-15-12-23-29(25,26)20(15)11-19(18)28-21(24)14-2-6-16(22)7-3-14/h2-10,18-20,23H,11-12H2,1H3/t18-,19-,20+/m1/s1. The van der Waals surface area contributed by atoms with E-state index >= 15 is 0 Å². The van der Waals surface area contributed by atoms with Crippen molar-refractivity contribution in [2.45, 2.75) is 23.7 Å². The molecule has 0 saturated carbocycles. The summed E-state index contributed by atoms with van der Waals surface area (Å²) in [6.45, 7) is 0.289. The van der Waals surface area contributed by atoms with Crippen LogP contribution in [-0.2, 0) is 14.8 Å². The third-order valence-electron chi connectivity index (χ3n) is 5.35. The molecule has 2 aliphatic rings. The zero-order valence-electron chi connectivity index (χ0n) is 15.7. The molecule has 0 amide bonds. The highest BCUT2D eigenvalue weighted by molar-refractivity contribution is 7.90. The largest absolute Gasteiger partial charge is 0.497 e. The van der Waals surface area contributed by atoms with E-state index in [1.54, 1.807) is 31.4 Å². The van der Waals surface area contributed by atoms with Gasteiger partial charge in [-0.25, -0.2) is 17.9 Å². The number of sulfonamides is 1. The molecule has 0 spiro atoms. The van der Waals surface area contributed by atoms with Gasteiger partial charge in [-0.1, -0.05) is 29.8 Å². The van der Waals surface area contributed by atoms with E-state index in [4.69, 9.17) is 21.1 Å². The van der Waals surface area contributed by atoms with Crippen LogP contribution >= 0.6 is 11.6 Å². The fourth-order valence-corrected chi connectivity index (χ4v) is 5.49. The number of esters is 1. The second-order valence-electron chi connectivity index (χ2n) is 7.08. The molecule has 152 valence electrons. The van der Waals surface area contributed by atoms with Crippen LogP contribution in [0, 0.1) is 0 Å². The summed E-state index contributed by atoms with van der Waals surface area (Å²) in [5.74, 6) is -0.0428. The smallest absolute Gasteiger partial charge is 0.338 e. The maximum absolute atomic E-state index is 12.7. The minimum Gasteiger partial charge on any atom is -0.497 e.